The van der Waals surface area contributed by atoms with E-state index in [1.54, 1.807) is 4.90 Å². The first-order valence-corrected chi connectivity index (χ1v) is 9.91. The van der Waals surface area contributed by atoms with Crippen LogP contribution in [0.5, 0.6) is 0 Å². The van der Waals surface area contributed by atoms with E-state index in [0.717, 1.165) is 16.8 Å². The van der Waals surface area contributed by atoms with Crippen LogP contribution in [0.2, 0.25) is 0 Å². The van der Waals surface area contributed by atoms with E-state index in [9.17, 15) is 9.59 Å². The summed E-state index contributed by atoms with van der Waals surface area (Å²) < 4.78 is 0. The highest BCUT2D eigenvalue weighted by molar-refractivity contribution is 6.08. The van der Waals surface area contributed by atoms with Crippen LogP contribution in [0, 0.1) is 5.41 Å². The molecule has 0 aromatic heterocycles. The van der Waals surface area contributed by atoms with Gasteiger partial charge in [0, 0.05) is 25.7 Å². The normalized spacial score (nSPS) is 18.9. The second-order valence-corrected chi connectivity index (χ2v) is 8.96. The van der Waals surface area contributed by atoms with E-state index in [1.807, 2.05) is 49.5 Å². The van der Waals surface area contributed by atoms with Gasteiger partial charge in [0.25, 0.3) is 0 Å². The number of rotatable bonds is 6. The molecule has 1 heterocycles. The molecule has 1 atom stereocenters. The van der Waals surface area contributed by atoms with Crippen molar-refractivity contribution in [3.63, 3.8) is 0 Å². The standard InChI is InChI=1S/C24H30N2O2/c1-23(2,3)17-25-21(27)14-15-24(16-18-10-6-5-7-11-18)19-12-8-9-13-20(19)26(4)22(24)28/h5-13H,14-17H2,1-4H3,(H,25,27). The minimum absolute atomic E-state index is 0.00203. The summed E-state index contributed by atoms with van der Waals surface area (Å²) in [7, 11) is 1.83. The average Bonchev–Trinajstić information content (AvgIpc) is 2.88. The number of para-hydroxylation sites is 1. The summed E-state index contributed by atoms with van der Waals surface area (Å²) >= 11 is 0. The molecule has 3 rings (SSSR count). The number of fused-ring (bicyclic) bond motifs is 1. The summed E-state index contributed by atoms with van der Waals surface area (Å²) in [4.78, 5) is 27.7. The lowest BCUT2D eigenvalue weighted by Crippen LogP contribution is -2.42. The molecule has 0 saturated carbocycles. The molecule has 2 aromatic carbocycles. The maximum Gasteiger partial charge on any atom is 0.237 e. The van der Waals surface area contributed by atoms with Crippen molar-refractivity contribution in [2.45, 2.75) is 45.4 Å². The SMILES string of the molecule is CN1C(=O)C(CCC(=O)NCC(C)(C)C)(Cc2ccccc2)c2ccccc21. The third-order valence-corrected chi connectivity index (χ3v) is 5.44. The molecule has 1 aliphatic heterocycles. The van der Waals surface area contributed by atoms with Crippen LogP contribution in [0.4, 0.5) is 5.69 Å². The minimum atomic E-state index is -0.703. The van der Waals surface area contributed by atoms with Crippen molar-refractivity contribution in [3.05, 3.63) is 65.7 Å². The van der Waals surface area contributed by atoms with Crippen molar-refractivity contribution in [1.29, 1.82) is 0 Å². The zero-order valence-electron chi connectivity index (χ0n) is 17.3. The second kappa shape index (κ2) is 7.78. The maximum absolute atomic E-state index is 13.4. The molecule has 28 heavy (non-hydrogen) atoms. The number of hydrogen-bond acceptors (Lipinski definition) is 2. The number of anilines is 1. The van der Waals surface area contributed by atoms with Crippen LogP contribution < -0.4 is 10.2 Å². The van der Waals surface area contributed by atoms with Crippen molar-refractivity contribution in [2.24, 2.45) is 5.41 Å². The van der Waals surface area contributed by atoms with Gasteiger partial charge < -0.3 is 10.2 Å². The Kier molecular flexibility index (Phi) is 5.59. The van der Waals surface area contributed by atoms with Gasteiger partial charge in [-0.2, -0.15) is 0 Å². The van der Waals surface area contributed by atoms with E-state index < -0.39 is 5.41 Å². The highest BCUT2D eigenvalue weighted by Crippen LogP contribution is 2.46. The van der Waals surface area contributed by atoms with Crippen LogP contribution in [0.1, 0.15) is 44.7 Å². The van der Waals surface area contributed by atoms with Crippen LogP contribution in [0.15, 0.2) is 54.6 Å². The Hall–Kier alpha value is -2.62. The molecule has 0 spiro atoms. The molecule has 2 aromatic rings. The number of amides is 2. The lowest BCUT2D eigenvalue weighted by Gasteiger charge is -2.29. The maximum atomic E-state index is 13.4. The fourth-order valence-corrected chi connectivity index (χ4v) is 3.94. The Labute approximate surface area is 167 Å². The first kappa shape index (κ1) is 20.1. The smallest absolute Gasteiger partial charge is 0.237 e. The Bertz CT molecular complexity index is 854. The van der Waals surface area contributed by atoms with Gasteiger partial charge in [-0.1, -0.05) is 69.3 Å². The number of benzene rings is 2. The van der Waals surface area contributed by atoms with E-state index in [4.69, 9.17) is 0 Å². The van der Waals surface area contributed by atoms with Gasteiger partial charge in [-0.3, -0.25) is 9.59 Å². The van der Waals surface area contributed by atoms with Gasteiger partial charge in [0.15, 0.2) is 0 Å². The largest absolute Gasteiger partial charge is 0.356 e. The van der Waals surface area contributed by atoms with E-state index in [0.29, 0.717) is 25.8 Å². The molecule has 2 amide bonds. The summed E-state index contributed by atoms with van der Waals surface area (Å²) in [6.45, 7) is 6.91. The van der Waals surface area contributed by atoms with Gasteiger partial charge in [-0.05, 0) is 35.4 Å². The van der Waals surface area contributed by atoms with Crippen LogP contribution >= 0.6 is 0 Å². The van der Waals surface area contributed by atoms with Crippen LogP contribution in [-0.2, 0) is 21.4 Å². The van der Waals surface area contributed by atoms with Crippen molar-refractivity contribution in [3.8, 4) is 0 Å². The van der Waals surface area contributed by atoms with Gasteiger partial charge in [-0.15, -0.1) is 0 Å². The molecule has 0 fully saturated rings. The number of nitrogens with one attached hydrogen (secondary N) is 1. The highest BCUT2D eigenvalue weighted by atomic mass is 16.2. The Balaban J connectivity index is 1.89. The third kappa shape index (κ3) is 4.11. The van der Waals surface area contributed by atoms with Crippen molar-refractivity contribution in [1.82, 2.24) is 5.32 Å². The summed E-state index contributed by atoms with van der Waals surface area (Å²) in [5, 5.41) is 3.01. The lowest BCUT2D eigenvalue weighted by molar-refractivity contribution is -0.124. The molecule has 1 unspecified atom stereocenters. The Morgan fingerprint density at radius 1 is 1.04 bits per heavy atom. The van der Waals surface area contributed by atoms with E-state index in [1.165, 1.54) is 0 Å². The van der Waals surface area contributed by atoms with Gasteiger partial charge in [-0.25, -0.2) is 0 Å². The third-order valence-electron chi connectivity index (χ3n) is 5.44. The fraction of sp³-hybridized carbons (Fsp3) is 0.417. The number of nitrogens with zero attached hydrogens (tertiary/aromatic N) is 1. The zero-order chi connectivity index (χ0) is 20.4. The molecule has 1 N–H and O–H groups in total. The number of likely N-dealkylation sites (N-methyl/N-ethyl adjacent to an activating group) is 1. The predicted octanol–water partition coefficient (Wildman–Crippen LogP) is 4.09. The molecule has 0 saturated heterocycles. The van der Waals surface area contributed by atoms with Gasteiger partial charge in [0.2, 0.25) is 11.8 Å². The predicted molar refractivity (Wildman–Crippen MR) is 113 cm³/mol. The summed E-state index contributed by atoms with van der Waals surface area (Å²) in [5.74, 6) is 0.0726. The van der Waals surface area contributed by atoms with Gasteiger partial charge in [0.05, 0.1) is 5.41 Å². The monoisotopic (exact) mass is 378 g/mol. The molecular formula is C24H30N2O2. The number of carbonyl (C=O) groups excluding carboxylic acids is 2. The van der Waals surface area contributed by atoms with Crippen molar-refractivity contribution < 1.29 is 9.59 Å². The van der Waals surface area contributed by atoms with Gasteiger partial charge >= 0.3 is 0 Å². The topological polar surface area (TPSA) is 49.4 Å². The number of carbonyl (C=O) groups is 2. The Morgan fingerprint density at radius 2 is 1.68 bits per heavy atom. The minimum Gasteiger partial charge on any atom is -0.356 e. The lowest BCUT2D eigenvalue weighted by atomic mass is 9.73. The van der Waals surface area contributed by atoms with E-state index in [2.05, 4.69) is 38.2 Å². The highest BCUT2D eigenvalue weighted by Gasteiger charge is 2.49. The molecule has 0 bridgehead atoms. The number of hydrogen-bond donors (Lipinski definition) is 1. The Morgan fingerprint density at radius 3 is 2.36 bits per heavy atom. The quantitative estimate of drug-likeness (QED) is 0.823. The summed E-state index contributed by atoms with van der Waals surface area (Å²) in [5.41, 5.74) is 2.41. The molecule has 1 aliphatic rings. The molecule has 0 radical (unpaired) electrons. The molecule has 4 nitrogen and oxygen atoms in total. The summed E-state index contributed by atoms with van der Waals surface area (Å²) in [6, 6.07) is 18.0. The van der Waals surface area contributed by atoms with E-state index in [-0.39, 0.29) is 17.2 Å². The fourth-order valence-electron chi connectivity index (χ4n) is 3.94. The first-order chi connectivity index (χ1) is 13.2. The van der Waals surface area contributed by atoms with E-state index >= 15 is 0 Å². The van der Waals surface area contributed by atoms with Crippen molar-refractivity contribution in [2.75, 3.05) is 18.5 Å². The summed E-state index contributed by atoms with van der Waals surface area (Å²) in [6.07, 6.45) is 1.43. The average molecular weight is 379 g/mol. The molecule has 4 heteroatoms. The second-order valence-electron chi connectivity index (χ2n) is 8.96. The molecule has 148 valence electrons. The van der Waals surface area contributed by atoms with Crippen molar-refractivity contribution >= 4 is 17.5 Å². The van der Waals surface area contributed by atoms with Crippen LogP contribution in [0.3, 0.4) is 0 Å². The van der Waals surface area contributed by atoms with Crippen LogP contribution in [0.25, 0.3) is 0 Å². The zero-order valence-corrected chi connectivity index (χ0v) is 17.3. The van der Waals surface area contributed by atoms with Gasteiger partial charge in [0.1, 0.15) is 0 Å². The first-order valence-electron chi connectivity index (χ1n) is 9.91. The van der Waals surface area contributed by atoms with Crippen LogP contribution in [-0.4, -0.2) is 25.4 Å². The molecule has 0 aliphatic carbocycles. The molecular weight excluding hydrogens is 348 g/mol.